The number of nitrogens with zero attached hydrogens (tertiary/aromatic N) is 3. The second-order valence-electron chi connectivity index (χ2n) is 12.7. The van der Waals surface area contributed by atoms with Crippen LogP contribution in [0, 0.1) is 6.92 Å². The number of hydrogen-bond donors (Lipinski definition) is 0. The minimum Gasteiger partial charge on any atom is -0.464 e. The van der Waals surface area contributed by atoms with Gasteiger partial charge in [-0.05, 0) is 104 Å². The van der Waals surface area contributed by atoms with Crippen LogP contribution in [0.5, 0.6) is 0 Å². The molecule has 0 atom stereocenters. The summed E-state index contributed by atoms with van der Waals surface area (Å²) in [4.78, 5) is 17.5. The summed E-state index contributed by atoms with van der Waals surface area (Å²) >= 11 is 0. The van der Waals surface area contributed by atoms with Gasteiger partial charge < -0.3 is 18.8 Å². The van der Waals surface area contributed by atoms with Crippen molar-refractivity contribution in [3.63, 3.8) is 0 Å². The molecule has 0 fully saturated rings. The second-order valence-corrected chi connectivity index (χ2v) is 12.7. The van der Waals surface area contributed by atoms with Crippen LogP contribution in [0.1, 0.15) is 5.56 Å². The zero-order chi connectivity index (χ0) is 34.3. The number of aryl methyl sites for hydroxylation is 1. The Labute approximate surface area is 295 Å². The van der Waals surface area contributed by atoms with Crippen LogP contribution in [-0.2, 0) is 0 Å². The van der Waals surface area contributed by atoms with Crippen LogP contribution in [0.2, 0.25) is 0 Å². The Bertz CT molecular complexity index is 2500. The first-order valence-corrected chi connectivity index (χ1v) is 17.1. The summed E-state index contributed by atoms with van der Waals surface area (Å²) in [5, 5.41) is 2.78. The van der Waals surface area contributed by atoms with E-state index >= 15 is 0 Å². The van der Waals surface area contributed by atoms with Crippen molar-refractivity contribution < 1.29 is 4.42 Å². The fourth-order valence-electron chi connectivity index (χ4n) is 7.11. The van der Waals surface area contributed by atoms with Crippen LogP contribution in [0.4, 0.5) is 34.1 Å². The molecule has 9 rings (SSSR count). The number of fused-ring (bicyclic) bond motifs is 4. The first-order chi connectivity index (χ1) is 25.1. The van der Waals surface area contributed by atoms with Gasteiger partial charge in [-0.25, -0.2) is 0 Å². The van der Waals surface area contributed by atoms with Crippen LogP contribution in [0.3, 0.4) is 0 Å². The number of hydrogen-bond acceptors (Lipinski definition) is 4. The molecule has 0 unspecified atom stereocenters. The molecule has 0 saturated heterocycles. The van der Waals surface area contributed by atoms with E-state index in [9.17, 15) is 4.79 Å². The summed E-state index contributed by atoms with van der Waals surface area (Å²) in [6, 6.07) is 61.1. The highest BCUT2D eigenvalue weighted by atomic mass is 16.3. The van der Waals surface area contributed by atoms with E-state index in [2.05, 4.69) is 148 Å². The lowest BCUT2D eigenvalue weighted by Crippen LogP contribution is -2.09. The molecule has 7 aromatic carbocycles. The van der Waals surface area contributed by atoms with Gasteiger partial charge in [-0.15, -0.1) is 0 Å². The largest absolute Gasteiger partial charge is 0.464 e. The number of anilines is 6. The summed E-state index contributed by atoms with van der Waals surface area (Å²) in [6.45, 7) is 1.78. The average molecular weight is 660 g/mol. The van der Waals surface area contributed by atoms with E-state index in [0.717, 1.165) is 61.6 Å². The lowest BCUT2D eigenvalue weighted by Gasteiger charge is -2.26. The van der Waals surface area contributed by atoms with Gasteiger partial charge in [0.05, 0.1) is 22.7 Å². The van der Waals surface area contributed by atoms with Crippen molar-refractivity contribution in [1.82, 2.24) is 4.57 Å². The third kappa shape index (κ3) is 5.32. The molecule has 2 aromatic heterocycles. The lowest BCUT2D eigenvalue weighted by molar-refractivity contribution is 0.597. The van der Waals surface area contributed by atoms with Crippen molar-refractivity contribution in [2.45, 2.75) is 6.92 Å². The Kier molecular flexibility index (Phi) is 7.44. The van der Waals surface area contributed by atoms with Gasteiger partial charge in [-0.3, -0.25) is 4.79 Å². The molecule has 5 nitrogen and oxygen atoms in total. The summed E-state index contributed by atoms with van der Waals surface area (Å²) in [6.07, 6.45) is 1.54. The predicted molar refractivity (Wildman–Crippen MR) is 211 cm³/mol. The van der Waals surface area contributed by atoms with Crippen LogP contribution in [0.15, 0.2) is 191 Å². The molecule has 0 spiro atoms. The van der Waals surface area contributed by atoms with Crippen LogP contribution in [-0.4, -0.2) is 4.57 Å². The van der Waals surface area contributed by atoms with Crippen molar-refractivity contribution in [2.75, 3.05) is 9.80 Å². The van der Waals surface area contributed by atoms with E-state index in [0.29, 0.717) is 16.5 Å². The Morgan fingerprint density at radius 1 is 0.451 bits per heavy atom. The molecule has 2 heterocycles. The standard InChI is InChI=1S/C46H33N3O2/c1-32-31-51-45-30-39(22-25-40(45)46(32)50)49-43-26-23-37(47(33-14-6-2-7-15-33)34-16-8-3-9-17-34)28-41(43)42-29-38(24-27-44(42)49)48(35-18-10-4-11-19-35)36-20-12-5-13-21-36/h2-31H,1H3. The summed E-state index contributed by atoms with van der Waals surface area (Å²) in [7, 11) is 0. The molecule has 244 valence electrons. The third-order valence-electron chi connectivity index (χ3n) is 9.50. The van der Waals surface area contributed by atoms with Crippen LogP contribution >= 0.6 is 0 Å². The molecule has 0 amide bonds. The van der Waals surface area contributed by atoms with Gasteiger partial charge in [0.25, 0.3) is 0 Å². The van der Waals surface area contributed by atoms with E-state index in [1.807, 2.05) is 42.5 Å². The van der Waals surface area contributed by atoms with Gasteiger partial charge in [0.1, 0.15) is 5.58 Å². The van der Waals surface area contributed by atoms with Gasteiger partial charge in [-0.1, -0.05) is 72.8 Å². The topological polar surface area (TPSA) is 41.6 Å². The summed E-state index contributed by atoms with van der Waals surface area (Å²) < 4.78 is 8.22. The van der Waals surface area contributed by atoms with E-state index in [1.165, 1.54) is 0 Å². The normalized spacial score (nSPS) is 11.3. The SMILES string of the molecule is Cc1coc2cc(-n3c4ccc(N(c5ccccc5)c5ccccc5)cc4c4cc(N(c5ccccc5)c5ccccc5)ccc43)ccc2c1=O. The van der Waals surface area contributed by atoms with E-state index < -0.39 is 0 Å². The molecule has 0 bridgehead atoms. The Balaban J connectivity index is 1.32. The zero-order valence-corrected chi connectivity index (χ0v) is 28.0. The van der Waals surface area contributed by atoms with Gasteiger partial charge in [0.15, 0.2) is 5.43 Å². The van der Waals surface area contributed by atoms with Crippen molar-refractivity contribution >= 4 is 66.9 Å². The van der Waals surface area contributed by atoms with Gasteiger partial charge >= 0.3 is 0 Å². The molecular weight excluding hydrogens is 627 g/mol. The first-order valence-electron chi connectivity index (χ1n) is 17.1. The Morgan fingerprint density at radius 3 is 1.31 bits per heavy atom. The molecule has 51 heavy (non-hydrogen) atoms. The molecule has 0 aliphatic rings. The molecule has 0 saturated carbocycles. The highest BCUT2D eigenvalue weighted by Crippen LogP contribution is 2.42. The smallest absolute Gasteiger partial charge is 0.195 e. The van der Waals surface area contributed by atoms with Gasteiger partial charge in [0, 0.05) is 62.2 Å². The lowest BCUT2D eigenvalue weighted by atomic mass is 10.1. The number of rotatable bonds is 7. The third-order valence-corrected chi connectivity index (χ3v) is 9.50. The molecule has 0 aliphatic carbocycles. The summed E-state index contributed by atoms with van der Waals surface area (Å²) in [5.41, 5.74) is 10.6. The highest BCUT2D eigenvalue weighted by molar-refractivity contribution is 6.12. The quantitative estimate of drug-likeness (QED) is 0.171. The molecule has 0 aliphatic heterocycles. The fourth-order valence-corrected chi connectivity index (χ4v) is 7.11. The number of para-hydroxylation sites is 4. The van der Waals surface area contributed by atoms with E-state index in [-0.39, 0.29) is 5.43 Å². The maximum absolute atomic E-state index is 12.9. The Hall–Kier alpha value is -6.85. The average Bonchev–Trinajstić information content (AvgIpc) is 3.51. The minimum atomic E-state index is -0.0110. The van der Waals surface area contributed by atoms with Crippen molar-refractivity contribution in [1.29, 1.82) is 0 Å². The fraction of sp³-hybridized carbons (Fsp3) is 0.0217. The van der Waals surface area contributed by atoms with Crippen molar-refractivity contribution in [3.8, 4) is 5.69 Å². The molecule has 5 heteroatoms. The molecule has 0 radical (unpaired) electrons. The van der Waals surface area contributed by atoms with Crippen molar-refractivity contribution in [3.05, 3.63) is 198 Å². The minimum absolute atomic E-state index is 0.0110. The number of aromatic nitrogens is 1. The van der Waals surface area contributed by atoms with E-state index in [1.54, 1.807) is 13.2 Å². The maximum atomic E-state index is 12.9. The van der Waals surface area contributed by atoms with Gasteiger partial charge in [-0.2, -0.15) is 0 Å². The predicted octanol–water partition coefficient (Wildman–Crippen LogP) is 12.1. The van der Waals surface area contributed by atoms with Crippen molar-refractivity contribution in [2.24, 2.45) is 0 Å². The summed E-state index contributed by atoms with van der Waals surface area (Å²) in [5.74, 6) is 0. The molecule has 9 aromatic rings. The van der Waals surface area contributed by atoms with Gasteiger partial charge in [0.2, 0.25) is 0 Å². The second kappa shape index (κ2) is 12.6. The first kappa shape index (κ1) is 30.2. The van der Waals surface area contributed by atoms with Crippen LogP contribution < -0.4 is 15.2 Å². The molecule has 0 N–H and O–H groups in total. The highest BCUT2D eigenvalue weighted by Gasteiger charge is 2.20. The number of benzene rings is 7. The van der Waals surface area contributed by atoms with Crippen LogP contribution in [0.25, 0.3) is 38.5 Å². The Morgan fingerprint density at radius 2 is 0.882 bits per heavy atom. The molecular formula is C46H33N3O2. The zero-order valence-electron chi connectivity index (χ0n) is 28.0. The van der Waals surface area contributed by atoms with E-state index in [4.69, 9.17) is 4.42 Å². The monoisotopic (exact) mass is 659 g/mol. The maximum Gasteiger partial charge on any atom is 0.195 e.